The first-order valence-electron chi connectivity index (χ1n) is 5.73. The minimum atomic E-state index is -0.818. The lowest BCUT2D eigenvalue weighted by atomic mass is 10.1. The van der Waals surface area contributed by atoms with Crippen molar-refractivity contribution in [1.82, 2.24) is 0 Å². The summed E-state index contributed by atoms with van der Waals surface area (Å²) in [5, 5.41) is 8.69. The Morgan fingerprint density at radius 2 is 2.29 bits per heavy atom. The topological polar surface area (TPSA) is 46.5 Å². The van der Waals surface area contributed by atoms with Crippen LogP contribution in [-0.4, -0.2) is 29.2 Å². The molecule has 0 saturated carbocycles. The van der Waals surface area contributed by atoms with Gasteiger partial charge in [-0.1, -0.05) is 19.1 Å². The molecule has 1 aromatic carbocycles. The average Bonchev–Trinajstić information content (AvgIpc) is 2.28. The van der Waals surface area contributed by atoms with E-state index < -0.39 is 5.97 Å². The molecule has 1 N–H and O–H groups in total. The van der Waals surface area contributed by atoms with Crippen molar-refractivity contribution >= 4 is 17.7 Å². The molecule has 0 aliphatic heterocycles. The molecule has 17 heavy (non-hydrogen) atoms. The maximum absolute atomic E-state index is 10.6. The van der Waals surface area contributed by atoms with Crippen molar-refractivity contribution in [3.63, 3.8) is 0 Å². The lowest BCUT2D eigenvalue weighted by Crippen LogP contribution is -2.02. The first-order chi connectivity index (χ1) is 8.22. The smallest absolute Gasteiger partial charge is 0.307 e. The van der Waals surface area contributed by atoms with E-state index in [9.17, 15) is 4.79 Å². The Bertz CT molecular complexity index is 352. The van der Waals surface area contributed by atoms with Gasteiger partial charge in [-0.2, -0.15) is 11.8 Å². The van der Waals surface area contributed by atoms with Gasteiger partial charge in [-0.15, -0.1) is 0 Å². The molecular weight excluding hydrogens is 236 g/mol. The molecule has 1 rings (SSSR count). The Hall–Kier alpha value is -1.16. The van der Waals surface area contributed by atoms with E-state index >= 15 is 0 Å². The Morgan fingerprint density at radius 3 is 3.00 bits per heavy atom. The van der Waals surface area contributed by atoms with Crippen molar-refractivity contribution in [3.8, 4) is 5.75 Å². The third-order valence-corrected chi connectivity index (χ3v) is 3.15. The molecule has 0 aliphatic carbocycles. The van der Waals surface area contributed by atoms with Crippen molar-refractivity contribution < 1.29 is 14.6 Å². The molecule has 0 spiro atoms. The molecule has 0 heterocycles. The largest absolute Gasteiger partial charge is 0.494 e. The van der Waals surface area contributed by atoms with Crippen molar-refractivity contribution in [2.75, 3.05) is 18.1 Å². The Morgan fingerprint density at radius 1 is 1.47 bits per heavy atom. The van der Waals surface area contributed by atoms with E-state index in [0.717, 1.165) is 29.2 Å². The molecule has 0 bridgehead atoms. The highest BCUT2D eigenvalue weighted by Crippen LogP contribution is 2.14. The summed E-state index contributed by atoms with van der Waals surface area (Å²) >= 11 is 1.90. The fraction of sp³-hybridized carbons (Fsp3) is 0.462. The SMILES string of the molecule is CCSCCCOc1cccc(CC(=O)O)c1. The normalized spacial score (nSPS) is 10.2. The molecule has 3 nitrogen and oxygen atoms in total. The van der Waals surface area contributed by atoms with E-state index in [1.165, 1.54) is 0 Å². The maximum Gasteiger partial charge on any atom is 0.307 e. The quantitative estimate of drug-likeness (QED) is 0.725. The minimum Gasteiger partial charge on any atom is -0.494 e. The summed E-state index contributed by atoms with van der Waals surface area (Å²) in [6, 6.07) is 7.28. The number of aliphatic carboxylic acids is 1. The number of benzene rings is 1. The van der Waals surface area contributed by atoms with Crippen molar-refractivity contribution in [2.45, 2.75) is 19.8 Å². The highest BCUT2D eigenvalue weighted by atomic mass is 32.2. The fourth-order valence-electron chi connectivity index (χ4n) is 1.42. The molecule has 1 aromatic rings. The number of carboxylic acid groups (broad SMARTS) is 1. The lowest BCUT2D eigenvalue weighted by molar-refractivity contribution is -0.136. The summed E-state index contributed by atoms with van der Waals surface area (Å²) < 4.78 is 5.57. The van der Waals surface area contributed by atoms with Crippen LogP contribution in [0.4, 0.5) is 0 Å². The Kier molecular flexibility index (Phi) is 6.55. The van der Waals surface area contributed by atoms with Crippen molar-refractivity contribution in [3.05, 3.63) is 29.8 Å². The second kappa shape index (κ2) is 8.01. The van der Waals surface area contributed by atoms with Crippen LogP contribution in [0.5, 0.6) is 5.75 Å². The van der Waals surface area contributed by atoms with E-state index in [4.69, 9.17) is 9.84 Å². The van der Waals surface area contributed by atoms with Crippen LogP contribution in [0.2, 0.25) is 0 Å². The van der Waals surface area contributed by atoms with Crippen LogP contribution in [0, 0.1) is 0 Å². The molecule has 0 unspecified atom stereocenters. The van der Waals surface area contributed by atoms with E-state index in [-0.39, 0.29) is 6.42 Å². The summed E-state index contributed by atoms with van der Waals surface area (Å²) in [5.74, 6) is 2.17. The average molecular weight is 254 g/mol. The molecule has 0 saturated heterocycles. The number of rotatable bonds is 8. The van der Waals surface area contributed by atoms with Crippen molar-refractivity contribution in [1.29, 1.82) is 0 Å². The van der Waals surface area contributed by atoms with Gasteiger partial charge >= 0.3 is 5.97 Å². The summed E-state index contributed by atoms with van der Waals surface area (Å²) in [6.45, 7) is 2.82. The van der Waals surface area contributed by atoms with Gasteiger partial charge in [0.2, 0.25) is 0 Å². The molecule has 0 radical (unpaired) electrons. The van der Waals surface area contributed by atoms with E-state index in [2.05, 4.69) is 6.92 Å². The van der Waals surface area contributed by atoms with E-state index in [1.807, 2.05) is 23.9 Å². The third kappa shape index (κ3) is 6.22. The lowest BCUT2D eigenvalue weighted by Gasteiger charge is -2.07. The molecule has 0 atom stereocenters. The van der Waals surface area contributed by atoms with Crippen LogP contribution in [-0.2, 0) is 11.2 Å². The predicted molar refractivity (Wildman–Crippen MR) is 70.9 cm³/mol. The monoisotopic (exact) mass is 254 g/mol. The van der Waals surface area contributed by atoms with Crippen LogP contribution in [0.1, 0.15) is 18.9 Å². The standard InChI is InChI=1S/C13H18O3S/c1-2-17-8-4-7-16-12-6-3-5-11(9-12)10-13(14)15/h3,5-6,9H,2,4,7-8,10H2,1H3,(H,14,15). The maximum atomic E-state index is 10.6. The number of hydrogen-bond donors (Lipinski definition) is 1. The highest BCUT2D eigenvalue weighted by molar-refractivity contribution is 7.99. The minimum absolute atomic E-state index is 0.0445. The van der Waals surface area contributed by atoms with Gasteiger partial charge < -0.3 is 9.84 Å². The van der Waals surface area contributed by atoms with Crippen LogP contribution in [0.3, 0.4) is 0 Å². The Labute approximate surface area is 106 Å². The van der Waals surface area contributed by atoms with Crippen molar-refractivity contribution in [2.24, 2.45) is 0 Å². The van der Waals surface area contributed by atoms with E-state index in [0.29, 0.717) is 6.61 Å². The van der Waals surface area contributed by atoms with Gasteiger partial charge in [-0.05, 0) is 35.6 Å². The van der Waals surface area contributed by atoms with Crippen LogP contribution >= 0.6 is 11.8 Å². The van der Waals surface area contributed by atoms with Crippen LogP contribution in [0.15, 0.2) is 24.3 Å². The van der Waals surface area contributed by atoms with Gasteiger partial charge in [0.25, 0.3) is 0 Å². The second-order valence-electron chi connectivity index (χ2n) is 3.62. The predicted octanol–water partition coefficient (Wildman–Crippen LogP) is 2.84. The third-order valence-electron chi connectivity index (χ3n) is 2.16. The first-order valence-corrected chi connectivity index (χ1v) is 6.89. The molecule has 0 fully saturated rings. The number of ether oxygens (including phenoxy) is 1. The van der Waals surface area contributed by atoms with Gasteiger partial charge in [0, 0.05) is 0 Å². The van der Waals surface area contributed by atoms with Gasteiger partial charge in [-0.25, -0.2) is 0 Å². The second-order valence-corrected chi connectivity index (χ2v) is 5.01. The molecule has 0 amide bonds. The summed E-state index contributed by atoms with van der Waals surface area (Å²) in [6.07, 6.45) is 1.06. The van der Waals surface area contributed by atoms with Crippen LogP contribution < -0.4 is 4.74 Å². The summed E-state index contributed by atoms with van der Waals surface area (Å²) in [4.78, 5) is 10.6. The molecule has 0 aromatic heterocycles. The molecular formula is C13H18O3S. The molecule has 0 aliphatic rings. The summed E-state index contributed by atoms with van der Waals surface area (Å²) in [7, 11) is 0. The van der Waals surface area contributed by atoms with Gasteiger partial charge in [-0.3, -0.25) is 4.79 Å². The Balaban J connectivity index is 2.35. The molecule has 4 heteroatoms. The zero-order valence-corrected chi connectivity index (χ0v) is 10.8. The number of hydrogen-bond acceptors (Lipinski definition) is 3. The number of carboxylic acids is 1. The molecule has 94 valence electrons. The van der Waals surface area contributed by atoms with Gasteiger partial charge in [0.05, 0.1) is 13.0 Å². The van der Waals surface area contributed by atoms with Gasteiger partial charge in [0.1, 0.15) is 5.75 Å². The van der Waals surface area contributed by atoms with Gasteiger partial charge in [0.15, 0.2) is 0 Å². The van der Waals surface area contributed by atoms with Crippen LogP contribution in [0.25, 0.3) is 0 Å². The summed E-state index contributed by atoms with van der Waals surface area (Å²) in [5.41, 5.74) is 0.776. The zero-order chi connectivity index (χ0) is 12.5. The number of thioether (sulfide) groups is 1. The zero-order valence-electron chi connectivity index (χ0n) is 10.0. The number of carbonyl (C=O) groups is 1. The first kappa shape index (κ1) is 13.9. The fourth-order valence-corrected chi connectivity index (χ4v) is 2.03. The van der Waals surface area contributed by atoms with E-state index in [1.54, 1.807) is 12.1 Å². The highest BCUT2D eigenvalue weighted by Gasteiger charge is 2.01.